The number of benzene rings is 1. The number of rotatable bonds is 5. The van der Waals surface area contributed by atoms with Gasteiger partial charge in [0.1, 0.15) is 0 Å². The van der Waals surface area contributed by atoms with E-state index in [1.165, 1.54) is 6.26 Å². The van der Waals surface area contributed by atoms with E-state index in [0.717, 1.165) is 11.8 Å². The maximum Gasteiger partial charge on any atom is 0.284 e. The van der Waals surface area contributed by atoms with Gasteiger partial charge in [-0.1, -0.05) is 35.0 Å². The van der Waals surface area contributed by atoms with Crippen LogP contribution in [0.25, 0.3) is 11.7 Å². The Morgan fingerprint density at radius 1 is 1.25 bits per heavy atom. The van der Waals surface area contributed by atoms with Gasteiger partial charge in [-0.05, 0) is 37.3 Å². The van der Waals surface area contributed by atoms with Crippen molar-refractivity contribution in [3.05, 3.63) is 46.6 Å². The van der Waals surface area contributed by atoms with Crippen LogP contribution in [-0.4, -0.2) is 21.4 Å². The summed E-state index contributed by atoms with van der Waals surface area (Å²) in [6, 6.07) is 8.25. The molecule has 2 heterocycles. The first kappa shape index (κ1) is 16.9. The predicted molar refractivity (Wildman–Crippen MR) is 92.4 cm³/mol. The molecule has 0 aliphatic heterocycles. The average Bonchev–Trinajstić information content (AvgIpc) is 3.16. The minimum Gasteiger partial charge on any atom is -0.459 e. The lowest BCUT2D eigenvalue weighted by molar-refractivity contribution is -0.115. The predicted octanol–water partition coefficient (Wildman–Crippen LogP) is 4.76. The van der Waals surface area contributed by atoms with Crippen molar-refractivity contribution in [1.29, 1.82) is 0 Å². The summed E-state index contributed by atoms with van der Waals surface area (Å²) in [6.07, 6.45) is 1.51. The Morgan fingerprint density at radius 2 is 2.00 bits per heavy atom. The number of amides is 1. The summed E-state index contributed by atoms with van der Waals surface area (Å²) < 4.78 is 10.6. The molecule has 24 heavy (non-hydrogen) atoms. The van der Waals surface area contributed by atoms with Crippen molar-refractivity contribution in [3.63, 3.8) is 0 Å². The molecule has 6 nitrogen and oxygen atoms in total. The molecule has 3 rings (SSSR count). The quantitative estimate of drug-likeness (QED) is 0.639. The molecule has 0 saturated heterocycles. The van der Waals surface area contributed by atoms with E-state index in [0.29, 0.717) is 21.5 Å². The number of hydrogen-bond donors (Lipinski definition) is 1. The Bertz CT molecular complexity index is 831. The summed E-state index contributed by atoms with van der Waals surface area (Å²) in [6.45, 7) is 1.73. The van der Waals surface area contributed by atoms with Gasteiger partial charge >= 0.3 is 0 Å². The fourth-order valence-corrected chi connectivity index (χ4v) is 3.04. The summed E-state index contributed by atoms with van der Waals surface area (Å²) >= 11 is 13.0. The fraction of sp³-hybridized carbons (Fsp3) is 0.133. The first-order valence-electron chi connectivity index (χ1n) is 6.82. The van der Waals surface area contributed by atoms with Gasteiger partial charge in [0.25, 0.3) is 11.1 Å². The SMILES string of the molecule is CC(Sc1nnc(-c2ccco2)o1)C(=O)Nc1cc(Cl)cc(Cl)c1. The van der Waals surface area contributed by atoms with Crippen LogP contribution in [0.15, 0.2) is 50.7 Å². The van der Waals surface area contributed by atoms with E-state index in [9.17, 15) is 4.79 Å². The number of carbonyl (C=O) groups is 1. The van der Waals surface area contributed by atoms with Crippen LogP contribution in [0.5, 0.6) is 0 Å². The zero-order chi connectivity index (χ0) is 17.1. The van der Waals surface area contributed by atoms with Crippen LogP contribution in [0, 0.1) is 0 Å². The third kappa shape index (κ3) is 4.11. The van der Waals surface area contributed by atoms with Gasteiger partial charge in [-0.25, -0.2) is 0 Å². The fourth-order valence-electron chi connectivity index (χ4n) is 1.83. The van der Waals surface area contributed by atoms with Crippen molar-refractivity contribution in [2.75, 3.05) is 5.32 Å². The van der Waals surface area contributed by atoms with Gasteiger partial charge in [0.2, 0.25) is 5.91 Å². The van der Waals surface area contributed by atoms with Crippen molar-refractivity contribution in [1.82, 2.24) is 10.2 Å². The second-order valence-corrected chi connectivity index (χ2v) is 6.92. The maximum absolute atomic E-state index is 12.2. The van der Waals surface area contributed by atoms with Crippen molar-refractivity contribution in [2.24, 2.45) is 0 Å². The lowest BCUT2D eigenvalue weighted by atomic mass is 10.3. The standard InChI is InChI=1S/C15H11Cl2N3O3S/c1-8(13(21)18-11-6-9(16)5-10(17)7-11)24-15-20-19-14(23-15)12-3-2-4-22-12/h2-8H,1H3,(H,18,21). The van der Waals surface area contributed by atoms with Crippen molar-refractivity contribution in [3.8, 4) is 11.7 Å². The average molecular weight is 384 g/mol. The van der Waals surface area contributed by atoms with E-state index in [-0.39, 0.29) is 17.0 Å². The zero-order valence-corrected chi connectivity index (χ0v) is 14.7. The Hall–Kier alpha value is -1.96. The molecule has 1 aromatic carbocycles. The lowest BCUT2D eigenvalue weighted by Gasteiger charge is -2.10. The Morgan fingerprint density at radius 3 is 2.67 bits per heavy atom. The van der Waals surface area contributed by atoms with Gasteiger partial charge in [0.05, 0.1) is 11.5 Å². The number of aromatic nitrogens is 2. The molecular formula is C15H11Cl2N3O3S. The first-order chi connectivity index (χ1) is 11.5. The molecular weight excluding hydrogens is 373 g/mol. The van der Waals surface area contributed by atoms with Gasteiger partial charge < -0.3 is 14.2 Å². The summed E-state index contributed by atoms with van der Waals surface area (Å²) in [5.74, 6) is 0.493. The largest absolute Gasteiger partial charge is 0.459 e. The summed E-state index contributed by atoms with van der Waals surface area (Å²) in [5, 5.41) is 11.2. The molecule has 1 atom stereocenters. The van der Waals surface area contributed by atoms with Crippen molar-refractivity contribution < 1.29 is 13.6 Å². The topological polar surface area (TPSA) is 81.2 Å². The highest BCUT2D eigenvalue weighted by Gasteiger charge is 2.19. The Labute approximate surface area is 151 Å². The smallest absolute Gasteiger partial charge is 0.284 e. The molecule has 0 aliphatic carbocycles. The van der Waals surface area contributed by atoms with Crippen LogP contribution in [0.2, 0.25) is 10.0 Å². The third-order valence-corrected chi connectivity index (χ3v) is 4.29. The number of carbonyl (C=O) groups excluding carboxylic acids is 1. The van der Waals surface area contributed by atoms with Crippen LogP contribution in [0.4, 0.5) is 5.69 Å². The summed E-state index contributed by atoms with van der Waals surface area (Å²) in [7, 11) is 0. The van der Waals surface area contributed by atoms with Crippen LogP contribution in [0.1, 0.15) is 6.92 Å². The normalized spacial score (nSPS) is 12.1. The molecule has 1 amide bonds. The van der Waals surface area contributed by atoms with E-state index in [4.69, 9.17) is 32.0 Å². The van der Waals surface area contributed by atoms with Crippen LogP contribution in [0.3, 0.4) is 0 Å². The van der Waals surface area contributed by atoms with Gasteiger partial charge in [-0.3, -0.25) is 4.79 Å². The molecule has 124 valence electrons. The molecule has 0 radical (unpaired) electrons. The van der Waals surface area contributed by atoms with E-state index >= 15 is 0 Å². The number of nitrogens with zero attached hydrogens (tertiary/aromatic N) is 2. The van der Waals surface area contributed by atoms with Crippen molar-refractivity contribution in [2.45, 2.75) is 17.4 Å². The number of halogens is 2. The number of thioether (sulfide) groups is 1. The monoisotopic (exact) mass is 383 g/mol. The molecule has 0 spiro atoms. The minimum atomic E-state index is -0.465. The van der Waals surface area contributed by atoms with Gasteiger partial charge in [-0.15, -0.1) is 10.2 Å². The minimum absolute atomic E-state index is 0.240. The molecule has 0 fully saturated rings. The first-order valence-corrected chi connectivity index (χ1v) is 8.46. The second kappa shape index (κ2) is 7.29. The van der Waals surface area contributed by atoms with E-state index in [1.54, 1.807) is 37.3 Å². The molecule has 3 aromatic rings. The number of furan rings is 1. The Kier molecular flexibility index (Phi) is 5.13. The van der Waals surface area contributed by atoms with Crippen LogP contribution < -0.4 is 5.32 Å². The molecule has 1 N–H and O–H groups in total. The molecule has 0 aliphatic rings. The highest BCUT2D eigenvalue weighted by molar-refractivity contribution is 8.00. The number of hydrogen-bond acceptors (Lipinski definition) is 6. The van der Waals surface area contributed by atoms with Crippen LogP contribution >= 0.6 is 35.0 Å². The second-order valence-electron chi connectivity index (χ2n) is 4.76. The highest BCUT2D eigenvalue weighted by Crippen LogP contribution is 2.28. The summed E-state index contributed by atoms with van der Waals surface area (Å²) in [5.41, 5.74) is 0.520. The van der Waals surface area contributed by atoms with E-state index < -0.39 is 5.25 Å². The molecule has 2 aromatic heterocycles. The third-order valence-electron chi connectivity index (χ3n) is 2.92. The van der Waals surface area contributed by atoms with E-state index in [2.05, 4.69) is 15.5 Å². The van der Waals surface area contributed by atoms with Gasteiger partial charge in [0, 0.05) is 15.7 Å². The zero-order valence-electron chi connectivity index (χ0n) is 12.3. The molecule has 0 bridgehead atoms. The van der Waals surface area contributed by atoms with Crippen molar-refractivity contribution >= 4 is 46.6 Å². The molecule has 1 unspecified atom stereocenters. The Balaban J connectivity index is 1.64. The molecule has 0 saturated carbocycles. The maximum atomic E-state index is 12.2. The van der Waals surface area contributed by atoms with Crippen LogP contribution in [-0.2, 0) is 4.79 Å². The number of nitrogens with one attached hydrogen (secondary N) is 1. The van der Waals surface area contributed by atoms with E-state index in [1.807, 2.05) is 0 Å². The van der Waals surface area contributed by atoms with Gasteiger partial charge in [-0.2, -0.15) is 0 Å². The summed E-state index contributed by atoms with van der Waals surface area (Å²) in [4.78, 5) is 12.2. The number of anilines is 1. The highest BCUT2D eigenvalue weighted by atomic mass is 35.5. The van der Waals surface area contributed by atoms with Gasteiger partial charge in [0.15, 0.2) is 5.76 Å². The molecule has 9 heteroatoms. The lowest BCUT2D eigenvalue weighted by Crippen LogP contribution is -2.22.